The largest absolute Gasteiger partial charge is 1.00 e. The van der Waals surface area contributed by atoms with E-state index in [-0.39, 0.29) is 181 Å². The standard InChI is InChI=1S/C23H21ClN8O3S.C16H12ClIN4O4.C10H6BrClN2O2.C6H7IN2O2.CH2O3.2K.H/c1-12-3-21(26)30-13(2)17(12)9-29-23(33)18-11-32(31-19(18)7-25)10-14-4-15-6-16(24)8-28-22(15)20(5-14)36(27,34)35;1-2-26-16(23)12-8-21(20-15(12)18)7-9-3-10-5-11(17)6-19-14(10)13(4-9)22(24)25;11-4-6-1-7-3-8(12)5-13-10(7)9(2-6)14(15)16;1-2-11-6(10)4-3-8-9-5(4)7;2-1-4-3;;;/h3-6,8,11H,9-10H2,1-2H3,(H2,26,30)(H,29,33)(H2,27,34,35);3-6,8H,2,7H2,1H3;1-3,5H,4H2;3H,2H2,1H3,(H,8,9);1,3H;;;/q;;;;;2*+1;-1/p-1. The molecule has 10 aromatic rings. The van der Waals surface area contributed by atoms with E-state index in [9.17, 15) is 48.3 Å². The van der Waals surface area contributed by atoms with Crippen LogP contribution in [-0.2, 0) is 54.1 Å². The summed E-state index contributed by atoms with van der Waals surface area (Å²) in [6.07, 6.45) is 8.56. The van der Waals surface area contributed by atoms with Crippen molar-refractivity contribution in [2.24, 2.45) is 5.14 Å². The zero-order valence-corrected chi connectivity index (χ0v) is 65.7. The van der Waals surface area contributed by atoms with Gasteiger partial charge in [0.15, 0.2) is 5.69 Å². The number of nitrogen functional groups attached to an aromatic ring is 1. The number of nitrogens with zero attached hydrogens (tertiary/aromatic N) is 12. The van der Waals surface area contributed by atoms with Crippen LogP contribution in [0.15, 0.2) is 103 Å². The maximum Gasteiger partial charge on any atom is 1.00 e. The summed E-state index contributed by atoms with van der Waals surface area (Å²) in [5.74, 6) is -0.882. The monoisotopic (exact) mass is 1720 g/mol. The predicted molar refractivity (Wildman–Crippen MR) is 358 cm³/mol. The number of primary sulfonamides is 1. The first-order valence-corrected chi connectivity index (χ1v) is 32.2. The van der Waals surface area contributed by atoms with Gasteiger partial charge >= 0.3 is 115 Å². The van der Waals surface area contributed by atoms with Crippen molar-refractivity contribution < 1.29 is 161 Å². The van der Waals surface area contributed by atoms with Gasteiger partial charge in [-0.2, -0.15) is 20.6 Å². The number of amides is 1. The molecular weight excluding hydrogens is 1670 g/mol. The van der Waals surface area contributed by atoms with E-state index in [2.05, 4.69) is 66.5 Å². The SMILES string of the molecule is CCOC(=O)c1cn(Cc2cc([N+](=O)[O-])c3ncc(Cl)cc3c2)nc1I.CCOC(=O)c1cn[nH]c1I.Cc1cc(N)nc(C)c1CNC(=O)c1cn(Cc2cc(S(N)(=O)=O)c3ncc(Cl)cc3c2)nc1C#N.O=CO[O-].O=[N+]([O-])c1cc(CBr)cc2cc(Cl)cnc12.[H-].[K+].[K+]. The number of nitriles is 1. The number of sulfonamides is 1. The van der Waals surface area contributed by atoms with Crippen LogP contribution in [0.1, 0.15) is 85.6 Å². The van der Waals surface area contributed by atoms with Crippen molar-refractivity contribution >= 4 is 180 Å². The number of ether oxygens (including phenoxy) is 2. The van der Waals surface area contributed by atoms with Crippen LogP contribution in [0, 0.1) is 52.8 Å². The number of H-pyrrole nitrogens is 1. The number of anilines is 1. The number of non-ortho nitro benzene ring substituents is 2. The predicted octanol–water partition coefficient (Wildman–Crippen LogP) is 3.44. The number of fused-ring (bicyclic) bond motifs is 3. The second-order valence-electron chi connectivity index (χ2n) is 18.8. The van der Waals surface area contributed by atoms with Crippen molar-refractivity contribution in [3.8, 4) is 6.07 Å². The molecule has 0 unspecified atom stereocenters. The second kappa shape index (κ2) is 38.7. The topological polar surface area (TPSA) is 443 Å². The van der Waals surface area contributed by atoms with E-state index < -0.39 is 31.7 Å². The van der Waals surface area contributed by atoms with Crippen LogP contribution in [0.3, 0.4) is 0 Å². The van der Waals surface area contributed by atoms with E-state index in [1.54, 1.807) is 63.4 Å². The molecule has 39 heteroatoms. The maximum atomic E-state index is 12.9. The minimum Gasteiger partial charge on any atom is -1.00 e. The molecule has 10 rings (SSSR count). The number of hydrogen-bond donors (Lipinski definition) is 4. The third kappa shape index (κ3) is 23.1. The summed E-state index contributed by atoms with van der Waals surface area (Å²) < 4.78 is 38.2. The number of aryl methyl sites for hydroxylation is 2. The Morgan fingerprint density at radius 1 is 0.768 bits per heavy atom. The fourth-order valence-corrected chi connectivity index (χ4v) is 11.2. The molecule has 95 heavy (non-hydrogen) atoms. The number of nitro benzene ring substituents is 2. The number of nitrogens with two attached hydrogens (primary N) is 2. The molecule has 0 spiro atoms. The first-order chi connectivity index (χ1) is 44.1. The average molecular weight is 1720 g/mol. The van der Waals surface area contributed by atoms with Crippen LogP contribution < -0.4 is 124 Å². The summed E-state index contributed by atoms with van der Waals surface area (Å²) in [6.45, 7) is 8.14. The number of carbonyl (C=O) groups excluding carboxylic acids is 4. The van der Waals surface area contributed by atoms with Gasteiger partial charge in [-0.3, -0.25) is 49.3 Å². The van der Waals surface area contributed by atoms with Gasteiger partial charge in [-0.15, -0.1) is 0 Å². The maximum absolute atomic E-state index is 12.9. The molecule has 6 N–H and O–H groups in total. The molecule has 486 valence electrons. The van der Waals surface area contributed by atoms with Crippen LogP contribution in [0.2, 0.25) is 15.1 Å². The molecule has 0 atom stereocenters. The molecule has 0 saturated carbocycles. The summed E-state index contributed by atoms with van der Waals surface area (Å²) in [5.41, 5.74) is 11.7. The number of halogens is 6. The third-order valence-electron chi connectivity index (χ3n) is 12.3. The summed E-state index contributed by atoms with van der Waals surface area (Å²) in [7, 11) is -4.09. The first-order valence-electron chi connectivity index (χ1n) is 26.2. The van der Waals surface area contributed by atoms with E-state index in [4.69, 9.17) is 65.2 Å². The summed E-state index contributed by atoms with van der Waals surface area (Å²) >= 11 is 25.0. The summed E-state index contributed by atoms with van der Waals surface area (Å²) in [4.78, 5) is 84.6. The number of nitrogens with one attached hydrogen (secondary N) is 2. The van der Waals surface area contributed by atoms with Crippen LogP contribution in [0.4, 0.5) is 17.2 Å². The number of carbonyl (C=O) groups is 4. The number of pyridine rings is 4. The number of alkyl halides is 1. The Labute approximate surface area is 676 Å². The van der Waals surface area contributed by atoms with E-state index in [0.717, 1.165) is 16.7 Å². The number of nitro groups is 2. The van der Waals surface area contributed by atoms with E-state index in [1.165, 1.54) is 58.5 Å². The van der Waals surface area contributed by atoms with E-state index in [1.807, 2.05) is 64.2 Å². The van der Waals surface area contributed by atoms with Crippen LogP contribution in [0.5, 0.6) is 0 Å². The molecule has 0 aliphatic heterocycles. The van der Waals surface area contributed by atoms with Crippen molar-refractivity contribution in [2.45, 2.75) is 57.6 Å². The van der Waals surface area contributed by atoms with Gasteiger partial charge in [0.1, 0.15) is 46.3 Å². The Kier molecular flexibility index (Phi) is 33.4. The van der Waals surface area contributed by atoms with Gasteiger partial charge in [-0.05, 0) is 149 Å². The first kappa shape index (κ1) is 82.0. The van der Waals surface area contributed by atoms with E-state index in [0.29, 0.717) is 89.8 Å². The Bertz CT molecular complexity index is 4650. The summed E-state index contributed by atoms with van der Waals surface area (Å²) in [5, 5.41) is 66.6. The zero-order chi connectivity index (χ0) is 68.4. The van der Waals surface area contributed by atoms with Crippen LogP contribution >= 0.6 is 95.9 Å². The molecule has 0 fully saturated rings. The second-order valence-corrected chi connectivity index (χ2v) is 24.3. The van der Waals surface area contributed by atoms with Gasteiger partial charge < -0.3 is 32.1 Å². The third-order valence-corrected chi connectivity index (χ3v) is 16.2. The fourth-order valence-electron chi connectivity index (χ4n) is 8.52. The number of benzene rings is 3. The molecule has 0 aliphatic carbocycles. The molecule has 7 heterocycles. The Morgan fingerprint density at radius 3 is 1.71 bits per heavy atom. The number of rotatable bonds is 16. The van der Waals surface area contributed by atoms with Crippen molar-refractivity contribution in [1.82, 2.24) is 55.0 Å². The quantitative estimate of drug-likeness (QED) is 0.0157. The summed E-state index contributed by atoms with van der Waals surface area (Å²) in [6, 6.07) is 18.1. The molecule has 0 bridgehead atoms. The van der Waals surface area contributed by atoms with Crippen molar-refractivity contribution in [2.75, 3.05) is 18.9 Å². The van der Waals surface area contributed by atoms with Gasteiger partial charge in [0, 0.05) is 76.8 Å². The minimum absolute atomic E-state index is 0. The number of hydrogen-bond acceptors (Lipinski definition) is 23. The van der Waals surface area contributed by atoms with Crippen molar-refractivity contribution in [3.05, 3.63) is 196 Å². The molecule has 3 aromatic carbocycles. The van der Waals surface area contributed by atoms with Gasteiger partial charge in [-0.1, -0.05) is 50.7 Å². The van der Waals surface area contributed by atoms with Crippen LogP contribution in [0.25, 0.3) is 32.7 Å². The number of aromatic amines is 1. The normalized spacial score (nSPS) is 10.4. The Balaban J connectivity index is 0.000000349. The molecular formula is C56H48BrCl3I2K2N16O14S. The fraction of sp³-hybridized carbons (Fsp3) is 0.179. The van der Waals surface area contributed by atoms with Gasteiger partial charge in [0.25, 0.3) is 23.8 Å². The van der Waals surface area contributed by atoms with Gasteiger partial charge in [-0.25, -0.2) is 38.1 Å². The number of aromatic nitrogens is 10. The van der Waals surface area contributed by atoms with Crippen molar-refractivity contribution in [3.63, 3.8) is 0 Å². The Hall–Kier alpha value is -5.41. The molecule has 30 nitrogen and oxygen atoms in total. The molecule has 0 aliphatic rings. The molecule has 0 saturated heterocycles. The smallest absolute Gasteiger partial charge is 1.00 e. The molecule has 0 radical (unpaired) electrons. The van der Waals surface area contributed by atoms with Gasteiger partial charge in [0.05, 0.1) is 68.5 Å². The van der Waals surface area contributed by atoms with Crippen LogP contribution in [-0.4, -0.2) is 105 Å². The van der Waals surface area contributed by atoms with Gasteiger partial charge in [0.2, 0.25) is 10.0 Å². The molecule has 7 aromatic heterocycles. The minimum atomic E-state index is -4.09. The zero-order valence-electron chi connectivity index (χ0n) is 51.5. The average Bonchev–Trinajstić information content (AvgIpc) is 0.906. The van der Waals surface area contributed by atoms with Crippen molar-refractivity contribution in [1.29, 1.82) is 5.26 Å². The Morgan fingerprint density at radius 2 is 1.24 bits per heavy atom. The number of esters is 2. The van der Waals surface area contributed by atoms with E-state index >= 15 is 0 Å². The molecule has 1 amide bonds.